The SMILES string of the molecule is CCCCCCCCC=CCCCCCCCC(=O)OCn1cc[n+](C)c1. The van der Waals surface area contributed by atoms with Crippen LogP contribution in [0.25, 0.3) is 0 Å². The molecule has 0 aliphatic heterocycles. The number of hydrogen-bond acceptors (Lipinski definition) is 2. The van der Waals surface area contributed by atoms with Crippen molar-refractivity contribution in [2.75, 3.05) is 0 Å². The van der Waals surface area contributed by atoms with Crippen LogP contribution in [-0.2, 0) is 23.3 Å². The van der Waals surface area contributed by atoms with E-state index in [4.69, 9.17) is 4.74 Å². The van der Waals surface area contributed by atoms with E-state index in [1.54, 1.807) is 0 Å². The van der Waals surface area contributed by atoms with E-state index in [-0.39, 0.29) is 5.97 Å². The molecular weight excluding hydrogens is 336 g/mol. The number of aryl methyl sites for hydroxylation is 1. The fourth-order valence-corrected chi connectivity index (χ4v) is 3.14. The molecule has 0 aliphatic rings. The van der Waals surface area contributed by atoms with Crippen molar-refractivity contribution in [2.45, 2.75) is 104 Å². The average molecular weight is 378 g/mol. The van der Waals surface area contributed by atoms with Crippen LogP contribution in [0.3, 0.4) is 0 Å². The number of esters is 1. The highest BCUT2D eigenvalue weighted by molar-refractivity contribution is 5.69. The molecule has 0 N–H and O–H groups in total. The Bertz CT molecular complexity index is 508. The van der Waals surface area contributed by atoms with E-state index >= 15 is 0 Å². The number of ether oxygens (including phenoxy) is 1. The summed E-state index contributed by atoms with van der Waals surface area (Å²) < 4.78 is 9.05. The molecule has 0 saturated heterocycles. The molecule has 1 heterocycles. The van der Waals surface area contributed by atoms with Crippen molar-refractivity contribution in [3.05, 3.63) is 30.9 Å². The predicted molar refractivity (Wildman–Crippen MR) is 111 cm³/mol. The van der Waals surface area contributed by atoms with Crippen LogP contribution in [-0.4, -0.2) is 10.5 Å². The number of carbonyl (C=O) groups excluding carboxylic acids is 1. The molecule has 0 fully saturated rings. The van der Waals surface area contributed by atoms with E-state index in [0.717, 1.165) is 12.8 Å². The molecule has 0 aromatic carbocycles. The first-order chi connectivity index (χ1) is 13.2. The van der Waals surface area contributed by atoms with Gasteiger partial charge in [-0.2, -0.15) is 0 Å². The minimum Gasteiger partial charge on any atom is -0.425 e. The number of rotatable bonds is 17. The van der Waals surface area contributed by atoms with Gasteiger partial charge in [0.25, 0.3) is 0 Å². The lowest BCUT2D eigenvalue weighted by Crippen LogP contribution is -2.24. The maximum atomic E-state index is 11.7. The van der Waals surface area contributed by atoms with E-state index in [2.05, 4.69) is 19.1 Å². The highest BCUT2D eigenvalue weighted by atomic mass is 16.5. The normalized spacial score (nSPS) is 11.3. The van der Waals surface area contributed by atoms with Crippen LogP contribution >= 0.6 is 0 Å². The third-order valence-electron chi connectivity index (χ3n) is 4.84. The summed E-state index contributed by atoms with van der Waals surface area (Å²) in [5.74, 6) is -0.0935. The Kier molecular flexibility index (Phi) is 14.4. The van der Waals surface area contributed by atoms with Crippen LogP contribution in [0.2, 0.25) is 0 Å². The Morgan fingerprint density at radius 3 is 2.11 bits per heavy atom. The quantitative estimate of drug-likeness (QED) is 0.148. The van der Waals surface area contributed by atoms with E-state index in [9.17, 15) is 4.79 Å². The first-order valence-electron chi connectivity index (χ1n) is 11.0. The molecule has 0 atom stereocenters. The summed E-state index contributed by atoms with van der Waals surface area (Å²) in [6, 6.07) is 0. The molecule has 1 aromatic heterocycles. The third-order valence-corrected chi connectivity index (χ3v) is 4.84. The van der Waals surface area contributed by atoms with Crippen LogP contribution in [0.5, 0.6) is 0 Å². The molecular formula is C23H41N2O2+. The number of carbonyl (C=O) groups is 1. The third kappa shape index (κ3) is 14.2. The van der Waals surface area contributed by atoms with E-state index in [1.807, 2.05) is 34.9 Å². The van der Waals surface area contributed by atoms with E-state index in [1.165, 1.54) is 70.6 Å². The Morgan fingerprint density at radius 1 is 0.926 bits per heavy atom. The summed E-state index contributed by atoms with van der Waals surface area (Å²) in [7, 11) is 1.95. The first-order valence-corrected chi connectivity index (χ1v) is 11.0. The summed E-state index contributed by atoms with van der Waals surface area (Å²) in [5, 5.41) is 0. The van der Waals surface area contributed by atoms with Gasteiger partial charge in [0.1, 0.15) is 12.4 Å². The molecule has 1 rings (SSSR count). The smallest absolute Gasteiger partial charge is 0.308 e. The minimum absolute atomic E-state index is 0.0935. The lowest BCUT2D eigenvalue weighted by atomic mass is 10.1. The number of allylic oxidation sites excluding steroid dienone is 2. The molecule has 4 nitrogen and oxygen atoms in total. The van der Waals surface area contributed by atoms with Crippen LogP contribution in [0, 0.1) is 0 Å². The zero-order valence-electron chi connectivity index (χ0n) is 17.7. The van der Waals surface area contributed by atoms with Gasteiger partial charge < -0.3 is 4.74 Å². The van der Waals surface area contributed by atoms with E-state index in [0.29, 0.717) is 13.2 Å². The standard InChI is InChI=1S/C23H41N2O2/c1-3-4-5-6-7-8-9-10-11-12-13-14-15-16-17-18-23(26)27-22-25-20-19-24(2)21-25/h10-11,19-21H,3-9,12-18,22H2,1-2H3/q+1. The van der Waals surface area contributed by atoms with E-state index < -0.39 is 0 Å². The largest absolute Gasteiger partial charge is 0.425 e. The maximum Gasteiger partial charge on any atom is 0.308 e. The van der Waals surface area contributed by atoms with Gasteiger partial charge in [-0.25, -0.2) is 9.13 Å². The molecule has 0 aliphatic carbocycles. The molecule has 4 heteroatoms. The molecule has 27 heavy (non-hydrogen) atoms. The Hall–Kier alpha value is -1.58. The molecule has 1 aromatic rings. The van der Waals surface area contributed by atoms with Gasteiger partial charge in [-0.05, 0) is 32.1 Å². The number of hydrogen-bond donors (Lipinski definition) is 0. The fourth-order valence-electron chi connectivity index (χ4n) is 3.14. The molecule has 0 saturated carbocycles. The number of imidazole rings is 1. The van der Waals surface area contributed by atoms with Crippen molar-refractivity contribution < 1.29 is 14.1 Å². The molecule has 0 unspecified atom stereocenters. The van der Waals surface area contributed by atoms with Crippen molar-refractivity contribution in [1.82, 2.24) is 4.57 Å². The molecule has 154 valence electrons. The summed E-state index contributed by atoms with van der Waals surface area (Å²) in [4.78, 5) is 11.7. The molecule has 0 amide bonds. The second kappa shape index (κ2) is 16.6. The number of unbranched alkanes of at least 4 members (excludes halogenated alkanes) is 11. The molecule has 0 radical (unpaired) electrons. The number of nitrogens with zero attached hydrogens (tertiary/aromatic N) is 2. The van der Waals surface area contributed by atoms with Gasteiger partial charge in [-0.15, -0.1) is 0 Å². The number of aromatic nitrogens is 2. The van der Waals surface area contributed by atoms with Gasteiger partial charge in [0.15, 0.2) is 0 Å². The lowest BCUT2D eigenvalue weighted by molar-refractivity contribution is -0.671. The highest BCUT2D eigenvalue weighted by Gasteiger charge is 2.05. The van der Waals surface area contributed by atoms with Gasteiger partial charge >= 0.3 is 5.97 Å². The van der Waals surface area contributed by atoms with Gasteiger partial charge in [0.05, 0.1) is 7.05 Å². The Labute approximate surface area is 166 Å². The second-order valence-corrected chi connectivity index (χ2v) is 7.57. The first kappa shape index (κ1) is 23.5. The highest BCUT2D eigenvalue weighted by Crippen LogP contribution is 2.10. The van der Waals surface area contributed by atoms with Gasteiger partial charge in [-0.3, -0.25) is 4.79 Å². The Balaban J connectivity index is 1.81. The zero-order chi connectivity index (χ0) is 19.6. The van der Waals surface area contributed by atoms with Crippen molar-refractivity contribution >= 4 is 5.97 Å². The maximum absolute atomic E-state index is 11.7. The van der Waals surface area contributed by atoms with Gasteiger partial charge in [0.2, 0.25) is 13.1 Å². The van der Waals surface area contributed by atoms with Crippen LogP contribution in [0.15, 0.2) is 30.9 Å². The fraction of sp³-hybridized carbons (Fsp3) is 0.739. The summed E-state index contributed by atoms with van der Waals surface area (Å²) in [6.07, 6.45) is 27.5. The summed E-state index contributed by atoms with van der Waals surface area (Å²) in [5.41, 5.74) is 0. The molecule has 0 bridgehead atoms. The van der Waals surface area contributed by atoms with Crippen molar-refractivity contribution in [2.24, 2.45) is 7.05 Å². The zero-order valence-corrected chi connectivity index (χ0v) is 17.7. The van der Waals surface area contributed by atoms with Crippen LogP contribution < -0.4 is 4.57 Å². The van der Waals surface area contributed by atoms with Crippen molar-refractivity contribution in [3.63, 3.8) is 0 Å². The minimum atomic E-state index is -0.0935. The molecule has 0 spiro atoms. The van der Waals surface area contributed by atoms with Gasteiger partial charge in [0, 0.05) is 6.42 Å². The van der Waals surface area contributed by atoms with Crippen molar-refractivity contribution in [1.29, 1.82) is 0 Å². The topological polar surface area (TPSA) is 35.1 Å². The predicted octanol–water partition coefficient (Wildman–Crippen LogP) is 5.85. The summed E-state index contributed by atoms with van der Waals surface area (Å²) >= 11 is 0. The Morgan fingerprint density at radius 2 is 1.52 bits per heavy atom. The lowest BCUT2D eigenvalue weighted by Gasteiger charge is -2.02. The van der Waals surface area contributed by atoms with Gasteiger partial charge in [-0.1, -0.05) is 70.4 Å². The monoisotopic (exact) mass is 377 g/mol. The van der Waals surface area contributed by atoms with Crippen molar-refractivity contribution in [3.8, 4) is 0 Å². The summed E-state index contributed by atoms with van der Waals surface area (Å²) in [6.45, 7) is 2.58. The average Bonchev–Trinajstić information content (AvgIpc) is 3.08. The second-order valence-electron chi connectivity index (χ2n) is 7.57. The van der Waals surface area contributed by atoms with Crippen LogP contribution in [0.1, 0.15) is 96.8 Å². The van der Waals surface area contributed by atoms with Crippen LogP contribution in [0.4, 0.5) is 0 Å².